The van der Waals surface area contributed by atoms with Gasteiger partial charge >= 0.3 is 0 Å². The third kappa shape index (κ3) is 5.51. The lowest BCUT2D eigenvalue weighted by atomic mass is 9.90. The Hall–Kier alpha value is -3.46. The zero-order valence-electron chi connectivity index (χ0n) is 20.4. The highest BCUT2D eigenvalue weighted by Gasteiger charge is 2.29. The van der Waals surface area contributed by atoms with Crippen LogP contribution < -0.4 is 20.4 Å². The molecular formula is C27H33N5O4. The Morgan fingerprint density at radius 1 is 0.778 bits per heavy atom. The summed E-state index contributed by atoms with van der Waals surface area (Å²) < 4.78 is 0. The zero-order chi connectivity index (χ0) is 25.1. The van der Waals surface area contributed by atoms with Crippen molar-refractivity contribution < 1.29 is 14.5 Å². The first-order valence-electron chi connectivity index (χ1n) is 12.9. The van der Waals surface area contributed by atoms with E-state index in [1.807, 2.05) is 24.3 Å². The van der Waals surface area contributed by atoms with E-state index in [1.165, 1.54) is 5.69 Å². The van der Waals surface area contributed by atoms with E-state index in [-0.39, 0.29) is 28.3 Å². The average molecular weight is 492 g/mol. The number of amides is 2. The van der Waals surface area contributed by atoms with Crippen molar-refractivity contribution in [3.05, 3.63) is 64.2 Å². The number of imide groups is 1. The number of nitro benzene ring substituents is 1. The summed E-state index contributed by atoms with van der Waals surface area (Å²) in [6, 6.07) is 16.1. The fourth-order valence-electron chi connectivity index (χ4n) is 5.66. The number of rotatable bonds is 6. The Bertz CT molecular complexity index is 1090. The van der Waals surface area contributed by atoms with Crippen LogP contribution in [-0.2, 0) is 9.59 Å². The Labute approximate surface area is 211 Å². The molecule has 2 aromatic rings. The summed E-state index contributed by atoms with van der Waals surface area (Å²) >= 11 is 0. The average Bonchev–Trinajstić information content (AvgIpc) is 2.90. The summed E-state index contributed by atoms with van der Waals surface area (Å²) in [7, 11) is 0. The van der Waals surface area contributed by atoms with Crippen LogP contribution in [0.15, 0.2) is 48.5 Å². The zero-order valence-corrected chi connectivity index (χ0v) is 20.4. The molecule has 3 heterocycles. The summed E-state index contributed by atoms with van der Waals surface area (Å²) in [5.41, 5.74) is 3.34. The van der Waals surface area contributed by atoms with Gasteiger partial charge in [0.2, 0.25) is 11.8 Å². The first-order chi connectivity index (χ1) is 17.5. The standard InChI is InChI=1S/C27H33N5O4/c33-26-10-9-25(27(34)29-26)19-1-3-22(4-2-19)30-15-11-20(12-16-30)28-21-13-17-31(18-14-21)23-5-7-24(8-6-23)32(35)36/h1-8,20-21,25,28H,9-18H2,(H,29,33,34). The minimum atomic E-state index is -0.359. The Kier molecular flexibility index (Phi) is 7.18. The van der Waals surface area contributed by atoms with Crippen molar-refractivity contribution in [1.29, 1.82) is 0 Å². The van der Waals surface area contributed by atoms with E-state index in [9.17, 15) is 19.7 Å². The van der Waals surface area contributed by atoms with Gasteiger partial charge in [0.1, 0.15) is 0 Å². The summed E-state index contributed by atoms with van der Waals surface area (Å²) in [6.45, 7) is 3.90. The topological polar surface area (TPSA) is 108 Å². The highest BCUT2D eigenvalue weighted by atomic mass is 16.6. The van der Waals surface area contributed by atoms with E-state index < -0.39 is 0 Å². The fraction of sp³-hybridized carbons (Fsp3) is 0.481. The third-order valence-corrected chi connectivity index (χ3v) is 7.79. The molecule has 0 saturated carbocycles. The number of benzene rings is 2. The first-order valence-corrected chi connectivity index (χ1v) is 12.9. The van der Waals surface area contributed by atoms with Gasteiger partial charge < -0.3 is 15.1 Å². The number of carbonyl (C=O) groups is 2. The van der Waals surface area contributed by atoms with Gasteiger partial charge in [-0.2, -0.15) is 0 Å². The predicted molar refractivity (Wildman–Crippen MR) is 138 cm³/mol. The number of hydrogen-bond donors (Lipinski definition) is 2. The second kappa shape index (κ2) is 10.7. The second-order valence-corrected chi connectivity index (χ2v) is 10.1. The number of hydrogen-bond acceptors (Lipinski definition) is 7. The number of carbonyl (C=O) groups excluding carboxylic acids is 2. The molecule has 3 saturated heterocycles. The molecule has 0 spiro atoms. The molecule has 190 valence electrons. The minimum absolute atomic E-state index is 0.131. The van der Waals surface area contributed by atoms with Gasteiger partial charge in [-0.3, -0.25) is 25.0 Å². The Morgan fingerprint density at radius 3 is 1.75 bits per heavy atom. The molecule has 1 unspecified atom stereocenters. The predicted octanol–water partition coefficient (Wildman–Crippen LogP) is 3.34. The molecule has 9 nitrogen and oxygen atoms in total. The van der Waals surface area contributed by atoms with Crippen molar-refractivity contribution in [1.82, 2.24) is 10.6 Å². The van der Waals surface area contributed by atoms with E-state index in [2.05, 4.69) is 32.6 Å². The molecule has 0 aliphatic carbocycles. The molecule has 5 rings (SSSR count). The maximum absolute atomic E-state index is 12.1. The molecule has 2 aromatic carbocycles. The molecule has 3 aliphatic rings. The number of nitrogens with one attached hydrogen (secondary N) is 2. The highest BCUT2D eigenvalue weighted by molar-refractivity contribution is 6.00. The Balaban J connectivity index is 1.06. The van der Waals surface area contributed by atoms with Gasteiger partial charge in [0.15, 0.2) is 0 Å². The molecule has 3 fully saturated rings. The van der Waals surface area contributed by atoms with Gasteiger partial charge in [-0.05, 0) is 61.9 Å². The number of non-ortho nitro benzene ring substituents is 1. The smallest absolute Gasteiger partial charge is 0.269 e. The van der Waals surface area contributed by atoms with Crippen molar-refractivity contribution in [2.24, 2.45) is 0 Å². The van der Waals surface area contributed by atoms with Gasteiger partial charge in [0.25, 0.3) is 5.69 Å². The van der Waals surface area contributed by atoms with E-state index in [1.54, 1.807) is 12.1 Å². The largest absolute Gasteiger partial charge is 0.371 e. The van der Waals surface area contributed by atoms with Crippen LogP contribution in [0.5, 0.6) is 0 Å². The van der Waals surface area contributed by atoms with Crippen LogP contribution in [0.2, 0.25) is 0 Å². The number of nitrogens with zero attached hydrogens (tertiary/aromatic N) is 3. The van der Waals surface area contributed by atoms with E-state index in [0.29, 0.717) is 24.9 Å². The molecule has 2 N–H and O–H groups in total. The van der Waals surface area contributed by atoms with Crippen molar-refractivity contribution in [3.63, 3.8) is 0 Å². The highest BCUT2D eigenvalue weighted by Crippen LogP contribution is 2.28. The Morgan fingerprint density at radius 2 is 1.28 bits per heavy atom. The van der Waals surface area contributed by atoms with Gasteiger partial charge in [-0.15, -0.1) is 0 Å². The molecule has 0 aromatic heterocycles. The lowest BCUT2D eigenvalue weighted by Crippen LogP contribution is -2.50. The first kappa shape index (κ1) is 24.2. The van der Waals surface area contributed by atoms with E-state index in [4.69, 9.17) is 0 Å². The van der Waals surface area contributed by atoms with Crippen LogP contribution in [0, 0.1) is 10.1 Å². The fourth-order valence-corrected chi connectivity index (χ4v) is 5.66. The molecular weight excluding hydrogens is 458 g/mol. The van der Waals surface area contributed by atoms with Crippen LogP contribution in [0.3, 0.4) is 0 Å². The van der Waals surface area contributed by atoms with Crippen LogP contribution in [0.4, 0.5) is 17.1 Å². The summed E-state index contributed by atoms with van der Waals surface area (Å²) in [4.78, 5) is 38.8. The molecule has 0 radical (unpaired) electrons. The van der Waals surface area contributed by atoms with Crippen molar-refractivity contribution in [2.75, 3.05) is 36.0 Å². The van der Waals surface area contributed by atoms with E-state index >= 15 is 0 Å². The lowest BCUT2D eigenvalue weighted by molar-refractivity contribution is -0.384. The molecule has 9 heteroatoms. The van der Waals surface area contributed by atoms with Gasteiger partial charge in [-0.25, -0.2) is 0 Å². The van der Waals surface area contributed by atoms with Crippen molar-refractivity contribution in [2.45, 2.75) is 56.5 Å². The second-order valence-electron chi connectivity index (χ2n) is 10.1. The van der Waals surface area contributed by atoms with Crippen LogP contribution in [0.1, 0.15) is 50.0 Å². The number of piperidine rings is 3. The summed E-state index contributed by atoms with van der Waals surface area (Å²) in [5.74, 6) is -0.609. The number of nitro groups is 1. The monoisotopic (exact) mass is 491 g/mol. The summed E-state index contributed by atoms with van der Waals surface area (Å²) in [6.07, 6.45) is 5.30. The van der Waals surface area contributed by atoms with Gasteiger partial charge in [0, 0.05) is 68.2 Å². The molecule has 2 amide bonds. The van der Waals surface area contributed by atoms with Crippen LogP contribution in [-0.4, -0.2) is 55.0 Å². The molecule has 0 bridgehead atoms. The SMILES string of the molecule is O=C1CCC(c2ccc(N3CCC(NC4CCN(c5ccc([N+](=O)[O-])cc5)CC4)CC3)cc2)C(=O)N1. The summed E-state index contributed by atoms with van der Waals surface area (Å²) in [5, 5.41) is 17.2. The minimum Gasteiger partial charge on any atom is -0.371 e. The third-order valence-electron chi connectivity index (χ3n) is 7.79. The molecule has 1 atom stereocenters. The van der Waals surface area contributed by atoms with Crippen LogP contribution >= 0.6 is 0 Å². The van der Waals surface area contributed by atoms with Gasteiger partial charge in [0.05, 0.1) is 10.8 Å². The maximum atomic E-state index is 12.1. The maximum Gasteiger partial charge on any atom is 0.269 e. The van der Waals surface area contributed by atoms with E-state index in [0.717, 1.165) is 63.1 Å². The van der Waals surface area contributed by atoms with Gasteiger partial charge in [-0.1, -0.05) is 12.1 Å². The molecule has 36 heavy (non-hydrogen) atoms. The quantitative estimate of drug-likeness (QED) is 0.362. The van der Waals surface area contributed by atoms with Crippen molar-refractivity contribution >= 4 is 28.9 Å². The van der Waals surface area contributed by atoms with Crippen molar-refractivity contribution in [3.8, 4) is 0 Å². The molecule has 3 aliphatic heterocycles. The normalized spacial score (nSPS) is 21.9. The lowest BCUT2D eigenvalue weighted by Gasteiger charge is -2.39. The number of anilines is 2. The van der Waals surface area contributed by atoms with Crippen LogP contribution in [0.25, 0.3) is 0 Å².